The first-order valence-electron chi connectivity index (χ1n) is 11.6. The molecule has 186 valence electrons. The average Bonchev–Trinajstić information content (AvgIpc) is 2.85. The Hall–Kier alpha value is -4.20. The maximum Gasteiger partial charge on any atom is 0.308 e. The number of nitrogens with one attached hydrogen (secondary N) is 1. The molecule has 8 nitrogen and oxygen atoms in total. The Morgan fingerprint density at radius 1 is 1.08 bits per heavy atom. The number of fused-ring (bicyclic) bond motifs is 1. The summed E-state index contributed by atoms with van der Waals surface area (Å²) in [7, 11) is 0. The maximum absolute atomic E-state index is 13.2. The topological polar surface area (TPSA) is 104 Å². The fourth-order valence-electron chi connectivity index (χ4n) is 4.22. The van der Waals surface area contributed by atoms with Gasteiger partial charge in [0.1, 0.15) is 29.5 Å². The van der Waals surface area contributed by atoms with Crippen molar-refractivity contribution in [2.45, 2.75) is 46.6 Å². The van der Waals surface area contributed by atoms with Crippen molar-refractivity contribution in [3.05, 3.63) is 76.6 Å². The van der Waals surface area contributed by atoms with E-state index in [0.717, 1.165) is 11.1 Å². The van der Waals surface area contributed by atoms with Gasteiger partial charge in [-0.05, 0) is 75.2 Å². The van der Waals surface area contributed by atoms with Gasteiger partial charge in [-0.2, -0.15) is 0 Å². The van der Waals surface area contributed by atoms with E-state index in [0.29, 0.717) is 39.6 Å². The highest BCUT2D eigenvalue weighted by atomic mass is 16.5. The summed E-state index contributed by atoms with van der Waals surface area (Å²) < 4.78 is 17.7. The van der Waals surface area contributed by atoms with Crippen LogP contribution in [0.15, 0.2) is 48.8 Å². The summed E-state index contributed by atoms with van der Waals surface area (Å²) in [4.78, 5) is 41.0. The number of amides is 1. The van der Waals surface area contributed by atoms with Gasteiger partial charge in [-0.1, -0.05) is 0 Å². The standard InChI is InChI=1S/C28H28N2O6/c1-16-17(2)26-24(18(3)25(16)35-19(4)31)23(32)13-28(5,36-26)15-34-22-10-8-21(9-11-22)30-27(33)20-7-6-12-29-14-20/h6-12,14H,13,15H2,1-5H3,(H,30,33). The van der Waals surface area contributed by atoms with Crippen LogP contribution in [0.2, 0.25) is 0 Å². The molecular formula is C28H28N2O6. The minimum absolute atomic E-state index is 0.0928. The van der Waals surface area contributed by atoms with E-state index in [2.05, 4.69) is 10.3 Å². The van der Waals surface area contributed by atoms with Crippen molar-refractivity contribution in [3.63, 3.8) is 0 Å². The van der Waals surface area contributed by atoms with Crippen LogP contribution in [0.5, 0.6) is 17.2 Å². The summed E-state index contributed by atoms with van der Waals surface area (Å²) in [6, 6.07) is 10.3. The lowest BCUT2D eigenvalue weighted by atomic mass is 9.86. The van der Waals surface area contributed by atoms with E-state index in [9.17, 15) is 14.4 Å². The molecule has 1 atom stereocenters. The first kappa shape index (κ1) is 24.9. The van der Waals surface area contributed by atoms with Gasteiger partial charge >= 0.3 is 5.97 Å². The van der Waals surface area contributed by atoms with Gasteiger partial charge in [0.05, 0.1) is 17.5 Å². The monoisotopic (exact) mass is 488 g/mol. The molecule has 1 amide bonds. The fourth-order valence-corrected chi connectivity index (χ4v) is 4.22. The van der Waals surface area contributed by atoms with Crippen LogP contribution >= 0.6 is 0 Å². The van der Waals surface area contributed by atoms with Gasteiger partial charge in [0, 0.05) is 30.6 Å². The SMILES string of the molecule is CC(=O)Oc1c(C)c(C)c2c(c1C)C(=O)CC(C)(COc1ccc(NC(=O)c3cccnc3)cc1)O2. The molecule has 4 rings (SSSR count). The van der Waals surface area contributed by atoms with Crippen LogP contribution in [0.4, 0.5) is 5.69 Å². The third-order valence-corrected chi connectivity index (χ3v) is 6.17. The number of rotatable bonds is 6. The van der Waals surface area contributed by atoms with Crippen LogP contribution in [0.25, 0.3) is 0 Å². The molecule has 0 saturated carbocycles. The van der Waals surface area contributed by atoms with Crippen molar-refractivity contribution in [1.29, 1.82) is 0 Å². The summed E-state index contributed by atoms with van der Waals surface area (Å²) in [6.45, 7) is 8.76. The predicted molar refractivity (Wildman–Crippen MR) is 134 cm³/mol. The molecule has 3 aromatic rings. The molecule has 0 saturated heterocycles. The largest absolute Gasteiger partial charge is 0.489 e. The number of aromatic nitrogens is 1. The van der Waals surface area contributed by atoms with Gasteiger partial charge < -0.3 is 19.5 Å². The van der Waals surface area contributed by atoms with E-state index in [1.54, 1.807) is 49.5 Å². The van der Waals surface area contributed by atoms with Gasteiger partial charge in [-0.15, -0.1) is 0 Å². The third-order valence-electron chi connectivity index (χ3n) is 6.17. The van der Waals surface area contributed by atoms with E-state index < -0.39 is 11.6 Å². The number of esters is 1. The summed E-state index contributed by atoms with van der Waals surface area (Å²) in [6.07, 6.45) is 3.22. The molecule has 0 radical (unpaired) electrons. The number of Topliss-reactive ketones (excluding diaryl/α,β-unsaturated/α-hetero) is 1. The van der Waals surface area contributed by atoms with Crippen molar-refractivity contribution < 1.29 is 28.6 Å². The lowest BCUT2D eigenvalue weighted by molar-refractivity contribution is -0.132. The van der Waals surface area contributed by atoms with Gasteiger partial charge in [0.2, 0.25) is 0 Å². The Bertz CT molecular complexity index is 1330. The van der Waals surface area contributed by atoms with E-state index >= 15 is 0 Å². The quantitative estimate of drug-likeness (QED) is 0.385. The number of hydrogen-bond acceptors (Lipinski definition) is 7. The summed E-state index contributed by atoms with van der Waals surface area (Å²) in [5, 5.41) is 2.81. The highest BCUT2D eigenvalue weighted by Crippen LogP contribution is 2.44. The van der Waals surface area contributed by atoms with Crippen LogP contribution in [-0.4, -0.2) is 34.9 Å². The molecule has 2 aromatic carbocycles. The maximum atomic E-state index is 13.2. The smallest absolute Gasteiger partial charge is 0.308 e. The highest BCUT2D eigenvalue weighted by molar-refractivity contribution is 6.04. The van der Waals surface area contributed by atoms with Gasteiger partial charge in [-0.3, -0.25) is 19.4 Å². The molecule has 36 heavy (non-hydrogen) atoms. The second kappa shape index (κ2) is 9.81. The zero-order valence-electron chi connectivity index (χ0n) is 20.9. The van der Waals surface area contributed by atoms with Crippen molar-refractivity contribution in [2.75, 3.05) is 11.9 Å². The first-order valence-corrected chi connectivity index (χ1v) is 11.6. The molecule has 1 unspecified atom stereocenters. The average molecular weight is 489 g/mol. The van der Waals surface area contributed by atoms with Crippen LogP contribution in [-0.2, 0) is 4.79 Å². The Labute approximate surface area is 209 Å². The molecule has 0 spiro atoms. The fraction of sp³-hybridized carbons (Fsp3) is 0.286. The molecule has 0 bridgehead atoms. The van der Waals surface area contributed by atoms with Crippen molar-refractivity contribution >= 4 is 23.3 Å². The Morgan fingerprint density at radius 3 is 2.44 bits per heavy atom. The minimum Gasteiger partial charge on any atom is -0.489 e. The van der Waals surface area contributed by atoms with E-state index in [1.165, 1.54) is 13.1 Å². The summed E-state index contributed by atoms with van der Waals surface area (Å²) in [5.74, 6) is 0.694. The van der Waals surface area contributed by atoms with Crippen molar-refractivity contribution in [1.82, 2.24) is 4.98 Å². The molecule has 1 aliphatic rings. The number of anilines is 1. The van der Waals surface area contributed by atoms with Crippen LogP contribution in [0.1, 0.15) is 57.7 Å². The number of ketones is 1. The Balaban J connectivity index is 1.46. The highest BCUT2D eigenvalue weighted by Gasteiger charge is 2.40. The molecule has 8 heteroatoms. The number of pyridine rings is 1. The van der Waals surface area contributed by atoms with E-state index in [4.69, 9.17) is 14.2 Å². The van der Waals surface area contributed by atoms with Gasteiger partial charge in [0.15, 0.2) is 5.78 Å². The lowest BCUT2D eigenvalue weighted by Gasteiger charge is -2.36. The lowest BCUT2D eigenvalue weighted by Crippen LogP contribution is -2.45. The Kier molecular flexibility index (Phi) is 6.79. The zero-order chi connectivity index (χ0) is 26.0. The second-order valence-electron chi connectivity index (χ2n) is 9.16. The van der Waals surface area contributed by atoms with Gasteiger partial charge in [-0.25, -0.2) is 0 Å². The van der Waals surface area contributed by atoms with Crippen LogP contribution < -0.4 is 19.5 Å². The zero-order valence-corrected chi connectivity index (χ0v) is 20.9. The van der Waals surface area contributed by atoms with Crippen LogP contribution in [0.3, 0.4) is 0 Å². The molecule has 1 N–H and O–H groups in total. The number of carbonyl (C=O) groups excluding carboxylic acids is 3. The van der Waals surface area contributed by atoms with Crippen LogP contribution in [0, 0.1) is 20.8 Å². The van der Waals surface area contributed by atoms with Crippen molar-refractivity contribution in [3.8, 4) is 17.2 Å². The normalized spacial score (nSPS) is 16.5. The number of benzene rings is 2. The molecule has 1 aliphatic heterocycles. The molecule has 0 aliphatic carbocycles. The Morgan fingerprint density at radius 2 is 1.81 bits per heavy atom. The third kappa shape index (κ3) is 5.07. The molecule has 2 heterocycles. The number of carbonyl (C=O) groups is 3. The molecular weight excluding hydrogens is 460 g/mol. The number of hydrogen-bond donors (Lipinski definition) is 1. The minimum atomic E-state index is -0.885. The summed E-state index contributed by atoms with van der Waals surface area (Å²) >= 11 is 0. The van der Waals surface area contributed by atoms with Crippen molar-refractivity contribution in [2.24, 2.45) is 0 Å². The van der Waals surface area contributed by atoms with E-state index in [1.807, 2.05) is 20.8 Å². The number of ether oxygens (including phenoxy) is 3. The molecule has 0 fully saturated rings. The van der Waals surface area contributed by atoms with E-state index in [-0.39, 0.29) is 24.7 Å². The molecule has 1 aromatic heterocycles. The second-order valence-corrected chi connectivity index (χ2v) is 9.16. The first-order chi connectivity index (χ1) is 17.1. The number of nitrogens with zero attached hydrogens (tertiary/aromatic N) is 1. The van der Waals surface area contributed by atoms with Gasteiger partial charge in [0.25, 0.3) is 5.91 Å². The predicted octanol–water partition coefficient (Wildman–Crippen LogP) is 4.99. The summed E-state index contributed by atoms with van der Waals surface area (Å²) in [5.41, 5.74) is 2.74.